The van der Waals surface area contributed by atoms with Crippen molar-refractivity contribution >= 4 is 5.96 Å². The van der Waals surface area contributed by atoms with Gasteiger partial charge in [-0.05, 0) is 18.4 Å². The molecule has 1 aromatic carbocycles. The fourth-order valence-electron chi connectivity index (χ4n) is 2.28. The van der Waals surface area contributed by atoms with Crippen LogP contribution >= 0.6 is 0 Å². The number of nitrogens with one attached hydrogen (secondary N) is 1. The van der Waals surface area contributed by atoms with E-state index in [0.717, 1.165) is 25.2 Å². The van der Waals surface area contributed by atoms with Gasteiger partial charge in [0.25, 0.3) is 0 Å². The van der Waals surface area contributed by atoms with Crippen LogP contribution in [0.4, 0.5) is 0 Å². The summed E-state index contributed by atoms with van der Waals surface area (Å²) in [4.78, 5) is 6.58. The van der Waals surface area contributed by atoms with E-state index in [1.807, 2.05) is 37.2 Å². The van der Waals surface area contributed by atoms with Crippen molar-refractivity contribution in [1.29, 1.82) is 5.26 Å². The maximum absolute atomic E-state index is 9.25. The first-order valence-corrected chi connectivity index (χ1v) is 7.06. The van der Waals surface area contributed by atoms with Crippen molar-refractivity contribution in [2.75, 3.05) is 20.6 Å². The maximum atomic E-state index is 9.25. The van der Waals surface area contributed by atoms with Crippen LogP contribution in [0, 0.1) is 16.7 Å². The van der Waals surface area contributed by atoms with Crippen LogP contribution < -0.4 is 5.32 Å². The Labute approximate surface area is 121 Å². The Balaban J connectivity index is 1.95. The summed E-state index contributed by atoms with van der Waals surface area (Å²) in [7, 11) is 3.94. The van der Waals surface area contributed by atoms with E-state index in [-0.39, 0.29) is 5.41 Å². The zero-order valence-electron chi connectivity index (χ0n) is 12.3. The molecule has 4 heteroatoms. The molecule has 0 bridgehead atoms. The van der Waals surface area contributed by atoms with Gasteiger partial charge < -0.3 is 10.2 Å². The normalized spacial score (nSPS) is 16.9. The largest absolute Gasteiger partial charge is 0.355 e. The molecule has 1 N–H and O–H groups in total. The molecule has 1 aliphatic carbocycles. The van der Waals surface area contributed by atoms with Gasteiger partial charge in [0.1, 0.15) is 0 Å². The molecule has 20 heavy (non-hydrogen) atoms. The van der Waals surface area contributed by atoms with E-state index < -0.39 is 0 Å². The summed E-state index contributed by atoms with van der Waals surface area (Å²) >= 11 is 0. The van der Waals surface area contributed by atoms with Gasteiger partial charge in [0, 0.05) is 20.6 Å². The predicted molar refractivity (Wildman–Crippen MR) is 81.2 cm³/mol. The van der Waals surface area contributed by atoms with E-state index in [1.165, 1.54) is 5.56 Å². The lowest BCUT2D eigenvalue weighted by molar-refractivity contribution is 0.215. The minimum atomic E-state index is -0.177. The molecule has 1 fully saturated rings. The highest BCUT2D eigenvalue weighted by Crippen LogP contribution is 2.39. The van der Waals surface area contributed by atoms with Crippen LogP contribution in [0.5, 0.6) is 0 Å². The SMILES string of the molecule is CN(C)C(=NCc1ccccc1)NCC1(C#N)CCC1. The molecule has 0 saturated heterocycles. The van der Waals surface area contributed by atoms with E-state index in [0.29, 0.717) is 13.1 Å². The van der Waals surface area contributed by atoms with Crippen LogP contribution in [-0.4, -0.2) is 31.5 Å². The summed E-state index contributed by atoms with van der Waals surface area (Å²) in [6.07, 6.45) is 3.15. The molecule has 0 amide bonds. The molecule has 0 aliphatic heterocycles. The number of hydrogen-bond acceptors (Lipinski definition) is 2. The van der Waals surface area contributed by atoms with Crippen molar-refractivity contribution in [1.82, 2.24) is 10.2 Å². The van der Waals surface area contributed by atoms with Gasteiger partial charge in [-0.15, -0.1) is 0 Å². The monoisotopic (exact) mass is 270 g/mol. The average molecular weight is 270 g/mol. The highest BCUT2D eigenvalue weighted by Gasteiger charge is 2.37. The Morgan fingerprint density at radius 3 is 2.55 bits per heavy atom. The Bertz CT molecular complexity index is 495. The molecule has 0 radical (unpaired) electrons. The van der Waals surface area contributed by atoms with Gasteiger partial charge in [0.15, 0.2) is 5.96 Å². The second-order valence-electron chi connectivity index (χ2n) is 5.62. The topological polar surface area (TPSA) is 51.4 Å². The minimum absolute atomic E-state index is 0.177. The molecular weight excluding hydrogens is 248 g/mol. The summed E-state index contributed by atoms with van der Waals surface area (Å²) in [6.45, 7) is 1.34. The lowest BCUT2D eigenvalue weighted by Gasteiger charge is -2.36. The predicted octanol–water partition coefficient (Wildman–Crippen LogP) is 2.39. The van der Waals surface area contributed by atoms with Crippen molar-refractivity contribution in [3.05, 3.63) is 35.9 Å². The summed E-state index contributed by atoms with van der Waals surface area (Å²) in [6, 6.07) is 12.6. The fourth-order valence-corrected chi connectivity index (χ4v) is 2.28. The third-order valence-corrected chi connectivity index (χ3v) is 3.81. The Hall–Kier alpha value is -2.02. The molecule has 1 aliphatic rings. The number of rotatable bonds is 4. The second-order valence-corrected chi connectivity index (χ2v) is 5.62. The molecule has 1 saturated carbocycles. The van der Waals surface area contributed by atoms with Gasteiger partial charge in [0.2, 0.25) is 0 Å². The van der Waals surface area contributed by atoms with Crippen molar-refractivity contribution in [2.24, 2.45) is 10.4 Å². The summed E-state index contributed by atoms with van der Waals surface area (Å²) in [5.41, 5.74) is 1.01. The first kappa shape index (κ1) is 14.4. The second kappa shape index (κ2) is 6.42. The van der Waals surface area contributed by atoms with Crippen molar-refractivity contribution in [2.45, 2.75) is 25.8 Å². The quantitative estimate of drug-likeness (QED) is 0.675. The van der Waals surface area contributed by atoms with Gasteiger partial charge in [0.05, 0.1) is 18.0 Å². The van der Waals surface area contributed by atoms with Crippen molar-refractivity contribution in [3.63, 3.8) is 0 Å². The van der Waals surface area contributed by atoms with Gasteiger partial charge in [-0.25, -0.2) is 4.99 Å². The van der Waals surface area contributed by atoms with Crippen LogP contribution in [0.1, 0.15) is 24.8 Å². The smallest absolute Gasteiger partial charge is 0.193 e. The van der Waals surface area contributed by atoms with Gasteiger partial charge in [-0.2, -0.15) is 5.26 Å². The molecule has 0 unspecified atom stereocenters. The summed E-state index contributed by atoms with van der Waals surface area (Å²) in [5, 5.41) is 12.6. The Morgan fingerprint density at radius 1 is 1.35 bits per heavy atom. The minimum Gasteiger partial charge on any atom is -0.355 e. The maximum Gasteiger partial charge on any atom is 0.193 e. The Kier molecular flexibility index (Phi) is 4.62. The number of guanidine groups is 1. The lowest BCUT2D eigenvalue weighted by atomic mass is 9.70. The fraction of sp³-hybridized carbons (Fsp3) is 0.500. The molecule has 0 spiro atoms. The average Bonchev–Trinajstić information content (AvgIpc) is 2.42. The van der Waals surface area contributed by atoms with Gasteiger partial charge >= 0.3 is 0 Å². The van der Waals surface area contributed by atoms with E-state index in [9.17, 15) is 5.26 Å². The van der Waals surface area contributed by atoms with Crippen molar-refractivity contribution in [3.8, 4) is 6.07 Å². The number of nitrogens with zero attached hydrogens (tertiary/aromatic N) is 3. The van der Waals surface area contributed by atoms with E-state index in [4.69, 9.17) is 0 Å². The lowest BCUT2D eigenvalue weighted by Crippen LogP contribution is -2.45. The number of aliphatic imine (C=N–C) groups is 1. The highest BCUT2D eigenvalue weighted by molar-refractivity contribution is 5.79. The van der Waals surface area contributed by atoms with Gasteiger partial charge in [-0.1, -0.05) is 36.8 Å². The first-order valence-electron chi connectivity index (χ1n) is 7.06. The molecular formula is C16H22N4. The number of nitriles is 1. The van der Waals surface area contributed by atoms with Gasteiger partial charge in [-0.3, -0.25) is 0 Å². The molecule has 0 heterocycles. The third kappa shape index (κ3) is 3.51. The molecule has 2 rings (SSSR count). The van der Waals surface area contributed by atoms with E-state index >= 15 is 0 Å². The van der Waals surface area contributed by atoms with E-state index in [1.54, 1.807) is 0 Å². The van der Waals surface area contributed by atoms with Crippen LogP contribution in [0.2, 0.25) is 0 Å². The summed E-state index contributed by atoms with van der Waals surface area (Å²) < 4.78 is 0. The number of hydrogen-bond donors (Lipinski definition) is 1. The molecule has 0 atom stereocenters. The zero-order valence-corrected chi connectivity index (χ0v) is 12.3. The Morgan fingerprint density at radius 2 is 2.05 bits per heavy atom. The molecule has 0 aromatic heterocycles. The van der Waals surface area contributed by atoms with Crippen LogP contribution in [0.3, 0.4) is 0 Å². The zero-order chi connectivity index (χ0) is 14.4. The van der Waals surface area contributed by atoms with Crippen molar-refractivity contribution < 1.29 is 0 Å². The van der Waals surface area contributed by atoms with E-state index in [2.05, 4.69) is 28.5 Å². The van der Waals surface area contributed by atoms with Crippen LogP contribution in [-0.2, 0) is 6.54 Å². The highest BCUT2D eigenvalue weighted by atomic mass is 15.3. The third-order valence-electron chi connectivity index (χ3n) is 3.81. The molecule has 4 nitrogen and oxygen atoms in total. The van der Waals surface area contributed by atoms with Crippen LogP contribution in [0.25, 0.3) is 0 Å². The number of benzene rings is 1. The first-order chi connectivity index (χ1) is 9.65. The molecule has 1 aromatic rings. The van der Waals surface area contributed by atoms with Crippen LogP contribution in [0.15, 0.2) is 35.3 Å². The standard InChI is InChI=1S/C16H22N4/c1-20(2)15(18-11-14-7-4-3-5-8-14)19-13-16(12-17)9-6-10-16/h3-5,7-8H,6,9-11,13H2,1-2H3,(H,18,19). The summed E-state index contributed by atoms with van der Waals surface area (Å²) in [5.74, 6) is 0.843. The molecule has 106 valence electrons.